The Kier molecular flexibility index (Phi) is 6.38. The van der Waals surface area contributed by atoms with Gasteiger partial charge in [-0.25, -0.2) is 4.98 Å². The van der Waals surface area contributed by atoms with Crippen LogP contribution in [0.4, 0.5) is 5.69 Å². The topological polar surface area (TPSA) is 76.0 Å². The number of amides is 2. The number of anilines is 1. The average molecular weight is 382 g/mol. The minimum Gasteiger partial charge on any atom is -0.344 e. The molecular formula is C20H22N4O2S. The van der Waals surface area contributed by atoms with Crippen LogP contribution in [-0.4, -0.2) is 21.4 Å². The maximum absolute atomic E-state index is 12.6. The summed E-state index contributed by atoms with van der Waals surface area (Å²) in [4.78, 5) is 29.8. The van der Waals surface area contributed by atoms with Crippen LogP contribution in [0.1, 0.15) is 41.0 Å². The van der Waals surface area contributed by atoms with Gasteiger partial charge in [0.15, 0.2) is 0 Å². The highest BCUT2D eigenvalue weighted by Gasteiger charge is 2.15. The van der Waals surface area contributed by atoms with Crippen LogP contribution in [-0.2, 0) is 11.3 Å². The van der Waals surface area contributed by atoms with Crippen LogP contribution in [0.3, 0.4) is 0 Å². The van der Waals surface area contributed by atoms with Gasteiger partial charge in [-0.05, 0) is 36.1 Å². The minimum absolute atomic E-state index is 0.00840. The van der Waals surface area contributed by atoms with Crippen LogP contribution in [0.25, 0.3) is 0 Å². The number of aromatic nitrogens is 2. The number of nitrogens with one attached hydrogen (secondary N) is 2. The van der Waals surface area contributed by atoms with Crippen molar-refractivity contribution < 1.29 is 9.59 Å². The van der Waals surface area contributed by atoms with Crippen LogP contribution in [0.5, 0.6) is 0 Å². The molecule has 0 aliphatic carbocycles. The van der Waals surface area contributed by atoms with E-state index in [-0.39, 0.29) is 17.9 Å². The molecule has 0 radical (unpaired) electrons. The van der Waals surface area contributed by atoms with Gasteiger partial charge < -0.3 is 15.2 Å². The number of hydrogen-bond acceptors (Lipinski definition) is 4. The summed E-state index contributed by atoms with van der Waals surface area (Å²) in [6.07, 6.45) is 6.33. The van der Waals surface area contributed by atoms with E-state index in [2.05, 4.69) is 15.6 Å². The third-order valence-corrected chi connectivity index (χ3v) is 5.15. The zero-order valence-corrected chi connectivity index (χ0v) is 15.9. The zero-order valence-electron chi connectivity index (χ0n) is 15.1. The SMILES string of the molecule is CCC(NC(=O)c1cccc(NC(=O)CCn2ccnc2)c1)c1cccs1. The number of nitrogens with zero attached hydrogens (tertiary/aromatic N) is 2. The quantitative estimate of drug-likeness (QED) is 0.621. The molecule has 3 rings (SSSR count). The predicted octanol–water partition coefficient (Wildman–Crippen LogP) is 3.85. The molecule has 0 aliphatic heterocycles. The Morgan fingerprint density at radius 1 is 1.26 bits per heavy atom. The number of imidazole rings is 1. The molecule has 0 aliphatic rings. The molecule has 2 N–H and O–H groups in total. The molecule has 0 fully saturated rings. The normalized spacial score (nSPS) is 11.7. The zero-order chi connectivity index (χ0) is 19.1. The molecule has 7 heteroatoms. The predicted molar refractivity (Wildman–Crippen MR) is 107 cm³/mol. The first-order chi connectivity index (χ1) is 13.2. The van der Waals surface area contributed by atoms with Crippen molar-refractivity contribution in [2.24, 2.45) is 0 Å². The van der Waals surface area contributed by atoms with E-state index in [9.17, 15) is 9.59 Å². The molecule has 1 atom stereocenters. The van der Waals surface area contributed by atoms with Gasteiger partial charge in [0, 0.05) is 41.5 Å². The lowest BCUT2D eigenvalue weighted by Crippen LogP contribution is -2.27. The van der Waals surface area contributed by atoms with Crippen molar-refractivity contribution in [1.29, 1.82) is 0 Å². The van der Waals surface area contributed by atoms with E-state index >= 15 is 0 Å². The summed E-state index contributed by atoms with van der Waals surface area (Å²) in [6.45, 7) is 2.60. The van der Waals surface area contributed by atoms with Gasteiger partial charge in [-0.2, -0.15) is 0 Å². The molecule has 0 saturated heterocycles. The van der Waals surface area contributed by atoms with Crippen LogP contribution < -0.4 is 10.6 Å². The number of carbonyl (C=O) groups excluding carboxylic acids is 2. The average Bonchev–Trinajstić information content (AvgIpc) is 3.38. The van der Waals surface area contributed by atoms with Gasteiger partial charge in [0.2, 0.25) is 5.91 Å². The maximum Gasteiger partial charge on any atom is 0.251 e. The molecule has 0 spiro atoms. The van der Waals surface area contributed by atoms with E-state index < -0.39 is 0 Å². The largest absolute Gasteiger partial charge is 0.344 e. The van der Waals surface area contributed by atoms with Crippen molar-refractivity contribution in [1.82, 2.24) is 14.9 Å². The first-order valence-electron chi connectivity index (χ1n) is 8.85. The van der Waals surface area contributed by atoms with Gasteiger partial charge in [0.1, 0.15) is 0 Å². The van der Waals surface area contributed by atoms with Crippen LogP contribution in [0.15, 0.2) is 60.5 Å². The number of carbonyl (C=O) groups is 2. The van der Waals surface area contributed by atoms with E-state index in [0.29, 0.717) is 24.2 Å². The standard InChI is InChI=1S/C20H22N4O2S/c1-2-17(18-7-4-12-27-18)23-20(26)15-5-3-6-16(13-15)22-19(25)8-10-24-11-9-21-14-24/h3-7,9,11-14,17H,2,8,10H2,1H3,(H,22,25)(H,23,26). The molecule has 3 aromatic rings. The number of thiophene rings is 1. The highest BCUT2D eigenvalue weighted by Crippen LogP contribution is 2.22. The number of benzene rings is 1. The highest BCUT2D eigenvalue weighted by atomic mass is 32.1. The summed E-state index contributed by atoms with van der Waals surface area (Å²) in [7, 11) is 0. The summed E-state index contributed by atoms with van der Waals surface area (Å²) in [5.74, 6) is -0.254. The third-order valence-electron chi connectivity index (χ3n) is 4.16. The number of aryl methyl sites for hydroxylation is 1. The van der Waals surface area contributed by atoms with Crippen molar-refractivity contribution in [3.63, 3.8) is 0 Å². The molecule has 27 heavy (non-hydrogen) atoms. The van der Waals surface area contributed by atoms with Gasteiger partial charge in [0.05, 0.1) is 12.4 Å². The molecule has 2 aromatic heterocycles. The minimum atomic E-state index is -0.148. The molecular weight excluding hydrogens is 360 g/mol. The number of rotatable bonds is 8. The van der Waals surface area contributed by atoms with Crippen molar-refractivity contribution >= 4 is 28.8 Å². The van der Waals surface area contributed by atoms with Gasteiger partial charge in [0.25, 0.3) is 5.91 Å². The first-order valence-corrected chi connectivity index (χ1v) is 9.73. The summed E-state index contributed by atoms with van der Waals surface area (Å²) >= 11 is 1.63. The van der Waals surface area contributed by atoms with Gasteiger partial charge in [-0.1, -0.05) is 19.1 Å². The van der Waals surface area contributed by atoms with E-state index in [1.54, 1.807) is 48.1 Å². The Morgan fingerprint density at radius 3 is 2.85 bits per heavy atom. The lowest BCUT2D eigenvalue weighted by atomic mass is 10.1. The van der Waals surface area contributed by atoms with E-state index in [1.807, 2.05) is 35.2 Å². The van der Waals surface area contributed by atoms with Gasteiger partial charge >= 0.3 is 0 Å². The second-order valence-corrected chi connectivity index (χ2v) is 7.11. The van der Waals surface area contributed by atoms with Crippen LogP contribution in [0, 0.1) is 0 Å². The molecule has 6 nitrogen and oxygen atoms in total. The smallest absolute Gasteiger partial charge is 0.251 e. The highest BCUT2D eigenvalue weighted by molar-refractivity contribution is 7.10. The van der Waals surface area contributed by atoms with E-state index in [1.165, 1.54) is 0 Å². The summed E-state index contributed by atoms with van der Waals surface area (Å²) in [6, 6.07) is 11.0. The van der Waals surface area contributed by atoms with Crippen LogP contribution >= 0.6 is 11.3 Å². The number of hydrogen-bond donors (Lipinski definition) is 2. The second kappa shape index (κ2) is 9.14. The Labute approximate surface area is 162 Å². The Morgan fingerprint density at radius 2 is 2.15 bits per heavy atom. The first kappa shape index (κ1) is 18.8. The Balaban J connectivity index is 1.59. The van der Waals surface area contributed by atoms with Gasteiger partial charge in [-0.15, -0.1) is 11.3 Å². The maximum atomic E-state index is 12.6. The Bertz CT molecular complexity index is 875. The fourth-order valence-electron chi connectivity index (χ4n) is 2.72. The third kappa shape index (κ3) is 5.27. The van der Waals surface area contributed by atoms with Crippen molar-refractivity contribution in [3.05, 3.63) is 70.9 Å². The van der Waals surface area contributed by atoms with Crippen molar-refractivity contribution in [3.8, 4) is 0 Å². The van der Waals surface area contributed by atoms with Crippen LogP contribution in [0.2, 0.25) is 0 Å². The fourth-order valence-corrected chi connectivity index (χ4v) is 3.58. The monoisotopic (exact) mass is 382 g/mol. The molecule has 2 heterocycles. The fraction of sp³-hybridized carbons (Fsp3) is 0.250. The lowest BCUT2D eigenvalue weighted by molar-refractivity contribution is -0.116. The summed E-state index contributed by atoms with van der Waals surface area (Å²) in [5, 5.41) is 7.91. The molecule has 1 unspecified atom stereocenters. The summed E-state index contributed by atoms with van der Waals surface area (Å²) in [5.41, 5.74) is 1.14. The van der Waals surface area contributed by atoms with Crippen molar-refractivity contribution in [2.45, 2.75) is 32.4 Å². The summed E-state index contributed by atoms with van der Waals surface area (Å²) < 4.78 is 1.85. The van der Waals surface area contributed by atoms with Gasteiger partial charge in [-0.3, -0.25) is 9.59 Å². The molecule has 140 valence electrons. The molecule has 0 saturated carbocycles. The second-order valence-electron chi connectivity index (χ2n) is 6.13. The lowest BCUT2D eigenvalue weighted by Gasteiger charge is -2.16. The molecule has 2 amide bonds. The molecule has 1 aromatic carbocycles. The van der Waals surface area contributed by atoms with E-state index in [0.717, 1.165) is 11.3 Å². The Hall–Kier alpha value is -2.93. The van der Waals surface area contributed by atoms with E-state index in [4.69, 9.17) is 0 Å². The van der Waals surface area contributed by atoms with Crippen molar-refractivity contribution in [2.75, 3.05) is 5.32 Å². The molecule has 0 bridgehead atoms.